The van der Waals surface area contributed by atoms with Gasteiger partial charge in [-0.2, -0.15) is 0 Å². The Bertz CT molecular complexity index is 528. The van der Waals surface area contributed by atoms with Crippen molar-refractivity contribution in [3.63, 3.8) is 0 Å². The number of alkyl halides is 1. The molecule has 2 aromatic rings. The molecular formula is C11H9ClO2. The number of hydrogen-bond acceptors (Lipinski definition) is 2. The fourth-order valence-corrected chi connectivity index (χ4v) is 1.72. The molecule has 1 aromatic carbocycles. The Morgan fingerprint density at radius 2 is 2.21 bits per heavy atom. The highest BCUT2D eigenvalue weighted by Crippen LogP contribution is 2.21. The van der Waals surface area contributed by atoms with Crippen LogP contribution in [0.25, 0.3) is 11.0 Å². The quantitative estimate of drug-likeness (QED) is 0.533. The van der Waals surface area contributed by atoms with Gasteiger partial charge in [0.2, 0.25) is 0 Å². The number of benzene rings is 1. The van der Waals surface area contributed by atoms with Crippen molar-refractivity contribution in [1.82, 2.24) is 0 Å². The van der Waals surface area contributed by atoms with E-state index < -0.39 is 0 Å². The molecule has 0 aliphatic rings. The maximum atomic E-state index is 11.2. The van der Waals surface area contributed by atoms with Crippen LogP contribution in [0.2, 0.25) is 0 Å². The van der Waals surface area contributed by atoms with Gasteiger partial charge in [0.1, 0.15) is 5.58 Å². The van der Waals surface area contributed by atoms with Gasteiger partial charge in [0.05, 0.1) is 0 Å². The van der Waals surface area contributed by atoms with E-state index in [1.165, 1.54) is 6.07 Å². The van der Waals surface area contributed by atoms with Crippen molar-refractivity contribution >= 4 is 22.6 Å². The van der Waals surface area contributed by atoms with Gasteiger partial charge in [-0.05, 0) is 18.1 Å². The van der Waals surface area contributed by atoms with Crippen LogP contribution in [0, 0.1) is 6.92 Å². The zero-order valence-electron chi connectivity index (χ0n) is 7.71. The highest BCUT2D eigenvalue weighted by Gasteiger charge is 2.05. The highest BCUT2D eigenvalue weighted by molar-refractivity contribution is 6.17. The molecule has 0 N–H and O–H groups in total. The molecule has 0 aliphatic heterocycles. The van der Waals surface area contributed by atoms with E-state index in [9.17, 15) is 4.79 Å². The zero-order chi connectivity index (χ0) is 10.1. The maximum absolute atomic E-state index is 11.2. The fourth-order valence-electron chi connectivity index (χ4n) is 1.50. The van der Waals surface area contributed by atoms with Crippen LogP contribution in [0.1, 0.15) is 11.1 Å². The van der Waals surface area contributed by atoms with Crippen LogP contribution < -0.4 is 5.63 Å². The SMILES string of the molecule is Cc1cccc2c(CCl)cc(=O)oc12. The first-order valence-corrected chi connectivity index (χ1v) is 4.84. The average molecular weight is 209 g/mol. The van der Waals surface area contributed by atoms with Crippen molar-refractivity contribution in [3.8, 4) is 0 Å². The van der Waals surface area contributed by atoms with Gasteiger partial charge in [-0.1, -0.05) is 18.2 Å². The summed E-state index contributed by atoms with van der Waals surface area (Å²) in [4.78, 5) is 11.2. The summed E-state index contributed by atoms with van der Waals surface area (Å²) < 4.78 is 5.12. The minimum atomic E-state index is -0.345. The van der Waals surface area contributed by atoms with Crippen molar-refractivity contribution in [2.24, 2.45) is 0 Å². The van der Waals surface area contributed by atoms with Gasteiger partial charge in [0.15, 0.2) is 0 Å². The predicted octanol–water partition coefficient (Wildman–Crippen LogP) is 2.84. The Morgan fingerprint density at radius 3 is 2.93 bits per heavy atom. The molecule has 0 spiro atoms. The van der Waals surface area contributed by atoms with Crippen LogP contribution in [-0.4, -0.2) is 0 Å². The molecule has 0 unspecified atom stereocenters. The second-order valence-electron chi connectivity index (χ2n) is 3.18. The number of aryl methyl sites for hydroxylation is 1. The fraction of sp³-hybridized carbons (Fsp3) is 0.182. The van der Waals surface area contributed by atoms with Crippen LogP contribution >= 0.6 is 11.6 Å². The molecule has 0 aliphatic carbocycles. The van der Waals surface area contributed by atoms with E-state index in [0.29, 0.717) is 11.5 Å². The Balaban J connectivity index is 2.94. The summed E-state index contributed by atoms with van der Waals surface area (Å²) in [5, 5.41) is 0.916. The molecule has 0 fully saturated rings. The lowest BCUT2D eigenvalue weighted by atomic mass is 10.1. The van der Waals surface area contributed by atoms with E-state index in [1.807, 2.05) is 25.1 Å². The lowest BCUT2D eigenvalue weighted by molar-refractivity contribution is 0.557. The molecule has 0 amide bonds. The Morgan fingerprint density at radius 1 is 1.43 bits per heavy atom. The minimum absolute atomic E-state index is 0.325. The van der Waals surface area contributed by atoms with Crippen LogP contribution in [0.4, 0.5) is 0 Å². The molecule has 2 rings (SSSR count). The maximum Gasteiger partial charge on any atom is 0.336 e. The topological polar surface area (TPSA) is 30.2 Å². The first-order chi connectivity index (χ1) is 6.72. The summed E-state index contributed by atoms with van der Waals surface area (Å²) in [5.41, 5.74) is 2.06. The van der Waals surface area contributed by atoms with E-state index in [0.717, 1.165) is 16.5 Å². The molecule has 72 valence electrons. The molecule has 14 heavy (non-hydrogen) atoms. The van der Waals surface area contributed by atoms with Crippen molar-refractivity contribution in [3.05, 3.63) is 45.8 Å². The van der Waals surface area contributed by atoms with Gasteiger partial charge in [-0.25, -0.2) is 4.79 Å². The summed E-state index contributed by atoms with van der Waals surface area (Å²) in [5.74, 6) is 0.325. The largest absolute Gasteiger partial charge is 0.422 e. The van der Waals surface area contributed by atoms with Crippen molar-refractivity contribution in [1.29, 1.82) is 0 Å². The van der Waals surface area contributed by atoms with E-state index in [-0.39, 0.29) is 5.63 Å². The first-order valence-electron chi connectivity index (χ1n) is 4.30. The van der Waals surface area contributed by atoms with Crippen molar-refractivity contribution < 1.29 is 4.42 Å². The monoisotopic (exact) mass is 208 g/mol. The standard InChI is InChI=1S/C11H9ClO2/c1-7-3-2-4-9-8(6-12)5-10(13)14-11(7)9/h2-5H,6H2,1H3. The average Bonchev–Trinajstić information content (AvgIpc) is 2.18. The Kier molecular flexibility index (Phi) is 2.30. The molecule has 3 heteroatoms. The van der Waals surface area contributed by atoms with Gasteiger partial charge in [0.25, 0.3) is 0 Å². The Hall–Kier alpha value is -1.28. The number of halogens is 1. The summed E-state index contributed by atoms with van der Waals surface area (Å²) in [6.07, 6.45) is 0. The van der Waals surface area contributed by atoms with Crippen molar-refractivity contribution in [2.45, 2.75) is 12.8 Å². The Labute approximate surface area is 86.1 Å². The zero-order valence-corrected chi connectivity index (χ0v) is 8.47. The van der Waals surface area contributed by atoms with Gasteiger partial charge >= 0.3 is 5.63 Å². The van der Waals surface area contributed by atoms with Gasteiger partial charge < -0.3 is 4.42 Å². The van der Waals surface area contributed by atoms with Crippen LogP contribution in [0.15, 0.2) is 33.5 Å². The minimum Gasteiger partial charge on any atom is -0.422 e. The molecule has 1 heterocycles. The molecule has 0 radical (unpaired) electrons. The van der Waals surface area contributed by atoms with E-state index in [2.05, 4.69) is 0 Å². The molecule has 1 aromatic heterocycles. The summed E-state index contributed by atoms with van der Waals surface area (Å²) in [7, 11) is 0. The third-order valence-corrected chi connectivity index (χ3v) is 2.48. The van der Waals surface area contributed by atoms with E-state index in [4.69, 9.17) is 16.0 Å². The van der Waals surface area contributed by atoms with Gasteiger partial charge in [0, 0.05) is 17.3 Å². The van der Waals surface area contributed by atoms with Crippen LogP contribution in [0.5, 0.6) is 0 Å². The summed E-state index contributed by atoms with van der Waals surface area (Å²) >= 11 is 5.75. The molecule has 2 nitrogen and oxygen atoms in total. The number of para-hydroxylation sites is 1. The number of fused-ring (bicyclic) bond motifs is 1. The third kappa shape index (κ3) is 1.42. The van der Waals surface area contributed by atoms with Gasteiger partial charge in [-0.15, -0.1) is 11.6 Å². The summed E-state index contributed by atoms with van der Waals surface area (Å²) in [6.45, 7) is 1.91. The second kappa shape index (κ2) is 3.46. The molecule has 0 saturated carbocycles. The van der Waals surface area contributed by atoms with Crippen LogP contribution in [0.3, 0.4) is 0 Å². The highest BCUT2D eigenvalue weighted by atomic mass is 35.5. The number of hydrogen-bond donors (Lipinski definition) is 0. The van der Waals surface area contributed by atoms with Crippen molar-refractivity contribution in [2.75, 3.05) is 0 Å². The lowest BCUT2D eigenvalue weighted by Gasteiger charge is -2.03. The van der Waals surface area contributed by atoms with E-state index in [1.54, 1.807) is 0 Å². The molecular weight excluding hydrogens is 200 g/mol. The van der Waals surface area contributed by atoms with E-state index >= 15 is 0 Å². The normalized spacial score (nSPS) is 10.7. The first kappa shape index (κ1) is 9.28. The second-order valence-corrected chi connectivity index (χ2v) is 3.44. The van der Waals surface area contributed by atoms with Gasteiger partial charge in [-0.3, -0.25) is 0 Å². The van der Waals surface area contributed by atoms with Crippen LogP contribution in [-0.2, 0) is 5.88 Å². The third-order valence-electron chi connectivity index (χ3n) is 2.20. The molecule has 0 atom stereocenters. The lowest BCUT2D eigenvalue weighted by Crippen LogP contribution is -2.00. The molecule has 0 bridgehead atoms. The molecule has 0 saturated heterocycles. The predicted molar refractivity (Wildman–Crippen MR) is 56.8 cm³/mol. The smallest absolute Gasteiger partial charge is 0.336 e. The number of rotatable bonds is 1. The summed E-state index contributed by atoms with van der Waals surface area (Å²) in [6, 6.07) is 7.18.